The van der Waals surface area contributed by atoms with Crippen LogP contribution in [0.5, 0.6) is 5.75 Å². The van der Waals surface area contributed by atoms with Crippen LogP contribution in [0.3, 0.4) is 0 Å². The van der Waals surface area contributed by atoms with Gasteiger partial charge >= 0.3 is 6.03 Å². The van der Waals surface area contributed by atoms with E-state index in [1.54, 1.807) is 6.07 Å². The summed E-state index contributed by atoms with van der Waals surface area (Å²) in [6.45, 7) is 4.61. The van der Waals surface area contributed by atoms with Crippen molar-refractivity contribution >= 4 is 6.03 Å². The number of rotatable bonds is 2. The standard InChI is InChI=1S/C20H27FN2O3/c1-19(2)12-16(15-5-4-13(21)10-17(15)26-19)23-18(24)22-14-6-9-25-20(11-14)7-3-8-20/h4-5,10,14,16H,3,6-9,11-12H2,1-2H3,(H2,22,23,24). The SMILES string of the molecule is CC1(C)CC(NC(=O)NC2CCOC3(CCC3)C2)c2ccc(F)cc2O1. The maximum atomic E-state index is 13.6. The Labute approximate surface area is 153 Å². The summed E-state index contributed by atoms with van der Waals surface area (Å²) < 4.78 is 25.4. The number of halogens is 1. The zero-order chi connectivity index (χ0) is 18.4. The van der Waals surface area contributed by atoms with Crippen LogP contribution in [0.15, 0.2) is 18.2 Å². The molecule has 2 heterocycles. The molecule has 0 aromatic heterocycles. The molecule has 4 rings (SSSR count). The zero-order valence-electron chi connectivity index (χ0n) is 15.4. The van der Waals surface area contributed by atoms with Gasteiger partial charge in [-0.3, -0.25) is 0 Å². The van der Waals surface area contributed by atoms with Crippen molar-refractivity contribution in [1.29, 1.82) is 0 Å². The molecule has 5 nitrogen and oxygen atoms in total. The number of carbonyl (C=O) groups is 1. The molecule has 0 bridgehead atoms. The van der Waals surface area contributed by atoms with Gasteiger partial charge in [0.1, 0.15) is 17.2 Å². The van der Waals surface area contributed by atoms with Crippen LogP contribution >= 0.6 is 0 Å². The van der Waals surface area contributed by atoms with Gasteiger partial charge in [0.25, 0.3) is 0 Å². The van der Waals surface area contributed by atoms with Gasteiger partial charge in [-0.25, -0.2) is 9.18 Å². The number of ether oxygens (including phenoxy) is 2. The predicted octanol–water partition coefficient (Wildman–Crippen LogP) is 3.83. The Hall–Kier alpha value is -1.82. The van der Waals surface area contributed by atoms with E-state index in [9.17, 15) is 9.18 Å². The van der Waals surface area contributed by atoms with Crippen LogP contribution in [0.4, 0.5) is 9.18 Å². The third kappa shape index (κ3) is 3.52. The second-order valence-corrected chi connectivity index (χ2v) is 8.49. The van der Waals surface area contributed by atoms with Crippen LogP contribution in [0.1, 0.15) is 64.0 Å². The van der Waals surface area contributed by atoms with Crippen LogP contribution in [0.2, 0.25) is 0 Å². The van der Waals surface area contributed by atoms with Gasteiger partial charge in [0.05, 0.1) is 11.6 Å². The van der Waals surface area contributed by atoms with E-state index in [0.29, 0.717) is 18.8 Å². The summed E-state index contributed by atoms with van der Waals surface area (Å²) in [4.78, 5) is 12.6. The summed E-state index contributed by atoms with van der Waals surface area (Å²) in [5.41, 5.74) is 0.359. The lowest BCUT2D eigenvalue weighted by molar-refractivity contribution is -0.134. The molecule has 2 amide bonds. The Kier molecular flexibility index (Phi) is 4.34. The van der Waals surface area contributed by atoms with Gasteiger partial charge in [0, 0.05) is 30.7 Å². The molecular weight excluding hydrogens is 335 g/mol. The van der Waals surface area contributed by atoms with E-state index in [4.69, 9.17) is 9.47 Å². The van der Waals surface area contributed by atoms with Gasteiger partial charge < -0.3 is 20.1 Å². The minimum absolute atomic E-state index is 0.000985. The molecule has 2 unspecified atom stereocenters. The molecule has 2 aliphatic heterocycles. The molecule has 1 aromatic carbocycles. The number of benzene rings is 1. The summed E-state index contributed by atoms with van der Waals surface area (Å²) in [5.74, 6) is 0.170. The van der Waals surface area contributed by atoms with Crippen molar-refractivity contribution in [3.63, 3.8) is 0 Å². The van der Waals surface area contributed by atoms with E-state index in [1.165, 1.54) is 18.6 Å². The third-order valence-corrected chi connectivity index (χ3v) is 5.83. The fourth-order valence-electron chi connectivity index (χ4n) is 4.41. The highest BCUT2D eigenvalue weighted by molar-refractivity contribution is 5.75. The summed E-state index contributed by atoms with van der Waals surface area (Å²) >= 11 is 0. The molecule has 2 atom stereocenters. The summed E-state index contributed by atoms with van der Waals surface area (Å²) in [6, 6.07) is 4.26. The van der Waals surface area contributed by atoms with Gasteiger partial charge in [-0.2, -0.15) is 0 Å². The molecule has 0 radical (unpaired) electrons. The smallest absolute Gasteiger partial charge is 0.315 e. The van der Waals surface area contributed by atoms with Crippen LogP contribution in [-0.2, 0) is 4.74 Å². The monoisotopic (exact) mass is 362 g/mol. The molecule has 26 heavy (non-hydrogen) atoms. The largest absolute Gasteiger partial charge is 0.487 e. The van der Waals surface area contributed by atoms with E-state index in [1.807, 2.05) is 13.8 Å². The van der Waals surface area contributed by atoms with Crippen molar-refractivity contribution in [3.05, 3.63) is 29.6 Å². The molecule has 6 heteroatoms. The number of hydrogen-bond donors (Lipinski definition) is 2. The summed E-state index contributed by atoms with van der Waals surface area (Å²) in [6.07, 6.45) is 5.78. The van der Waals surface area contributed by atoms with E-state index in [-0.39, 0.29) is 29.5 Å². The van der Waals surface area contributed by atoms with E-state index in [0.717, 1.165) is 31.2 Å². The number of nitrogens with one attached hydrogen (secondary N) is 2. The average Bonchev–Trinajstić information content (AvgIpc) is 2.52. The lowest BCUT2D eigenvalue weighted by Crippen LogP contribution is -2.54. The van der Waals surface area contributed by atoms with E-state index in [2.05, 4.69) is 10.6 Å². The normalized spacial score (nSPS) is 28.4. The molecule has 2 N–H and O–H groups in total. The Morgan fingerprint density at radius 2 is 2.04 bits per heavy atom. The Bertz CT molecular complexity index is 702. The fraction of sp³-hybridized carbons (Fsp3) is 0.650. The van der Waals surface area contributed by atoms with Crippen molar-refractivity contribution in [2.45, 2.75) is 75.7 Å². The van der Waals surface area contributed by atoms with Crippen molar-refractivity contribution in [1.82, 2.24) is 10.6 Å². The zero-order valence-corrected chi connectivity index (χ0v) is 15.4. The van der Waals surface area contributed by atoms with Crippen molar-refractivity contribution in [3.8, 4) is 5.75 Å². The van der Waals surface area contributed by atoms with Crippen molar-refractivity contribution in [2.75, 3.05) is 6.61 Å². The van der Waals surface area contributed by atoms with Crippen molar-refractivity contribution < 1.29 is 18.7 Å². The lowest BCUT2D eigenvalue weighted by atomic mass is 9.74. The highest BCUT2D eigenvalue weighted by Crippen LogP contribution is 2.42. The molecule has 1 aromatic rings. The maximum Gasteiger partial charge on any atom is 0.315 e. The molecule has 2 fully saturated rings. The number of carbonyl (C=O) groups excluding carboxylic acids is 1. The highest BCUT2D eigenvalue weighted by atomic mass is 19.1. The first kappa shape index (κ1) is 17.6. The van der Waals surface area contributed by atoms with E-state index < -0.39 is 5.60 Å². The second kappa shape index (κ2) is 6.41. The van der Waals surface area contributed by atoms with Crippen LogP contribution in [-0.4, -0.2) is 29.9 Å². The van der Waals surface area contributed by atoms with Gasteiger partial charge in [-0.15, -0.1) is 0 Å². The number of hydrogen-bond acceptors (Lipinski definition) is 3. The number of amides is 2. The summed E-state index contributed by atoms with van der Waals surface area (Å²) in [5, 5.41) is 6.18. The van der Waals surface area contributed by atoms with Crippen LogP contribution in [0.25, 0.3) is 0 Å². The first-order chi connectivity index (χ1) is 12.3. The van der Waals surface area contributed by atoms with Gasteiger partial charge in [0.15, 0.2) is 0 Å². The van der Waals surface area contributed by atoms with Gasteiger partial charge in [-0.1, -0.05) is 6.07 Å². The quantitative estimate of drug-likeness (QED) is 0.841. The number of fused-ring (bicyclic) bond motifs is 1. The molecule has 1 aliphatic carbocycles. The molecule has 1 saturated heterocycles. The minimum Gasteiger partial charge on any atom is -0.487 e. The van der Waals surface area contributed by atoms with Gasteiger partial charge in [0.2, 0.25) is 0 Å². The third-order valence-electron chi connectivity index (χ3n) is 5.83. The lowest BCUT2D eigenvalue weighted by Gasteiger charge is -2.47. The molecule has 1 saturated carbocycles. The Morgan fingerprint density at radius 3 is 2.77 bits per heavy atom. The van der Waals surface area contributed by atoms with Gasteiger partial charge in [-0.05, 0) is 52.0 Å². The second-order valence-electron chi connectivity index (χ2n) is 8.49. The molecule has 142 valence electrons. The number of urea groups is 1. The minimum atomic E-state index is -0.465. The first-order valence-corrected chi connectivity index (χ1v) is 9.54. The topological polar surface area (TPSA) is 59.6 Å². The van der Waals surface area contributed by atoms with Crippen LogP contribution < -0.4 is 15.4 Å². The molecule has 1 spiro atoms. The maximum absolute atomic E-state index is 13.6. The Balaban J connectivity index is 1.42. The predicted molar refractivity (Wildman–Crippen MR) is 95.7 cm³/mol. The van der Waals surface area contributed by atoms with E-state index >= 15 is 0 Å². The Morgan fingerprint density at radius 1 is 1.23 bits per heavy atom. The molecular formula is C20H27FN2O3. The van der Waals surface area contributed by atoms with Crippen molar-refractivity contribution in [2.24, 2.45) is 0 Å². The van der Waals surface area contributed by atoms with Crippen LogP contribution in [0, 0.1) is 5.82 Å². The first-order valence-electron chi connectivity index (χ1n) is 9.54. The summed E-state index contributed by atoms with van der Waals surface area (Å²) in [7, 11) is 0. The molecule has 3 aliphatic rings. The fourth-order valence-corrected chi connectivity index (χ4v) is 4.41. The average molecular weight is 362 g/mol. The highest BCUT2D eigenvalue weighted by Gasteiger charge is 2.43.